The Kier molecular flexibility index (Phi) is 12.4. The minimum atomic E-state index is -0.981. The van der Waals surface area contributed by atoms with Gasteiger partial charge in [-0.15, -0.1) is 11.3 Å². The number of hydrogen-bond acceptors (Lipinski definition) is 5. The summed E-state index contributed by atoms with van der Waals surface area (Å²) in [6.45, 7) is 9.15. The van der Waals surface area contributed by atoms with Gasteiger partial charge in [0.2, 0.25) is 5.91 Å². The van der Waals surface area contributed by atoms with Crippen molar-refractivity contribution in [2.24, 2.45) is 0 Å². The third kappa shape index (κ3) is 11.7. The summed E-state index contributed by atoms with van der Waals surface area (Å²) in [5.74, 6) is -0.146. The predicted octanol–water partition coefficient (Wildman–Crippen LogP) is 6.12. The molecular formula is C28H41N3O5S. The molecule has 2 rings (SSSR count). The highest BCUT2D eigenvalue weighted by atomic mass is 32.1. The molecule has 0 saturated heterocycles. The van der Waals surface area contributed by atoms with Gasteiger partial charge in [-0.25, -0.2) is 9.59 Å². The summed E-state index contributed by atoms with van der Waals surface area (Å²) >= 11 is 1.60. The molecule has 204 valence electrons. The van der Waals surface area contributed by atoms with Crippen LogP contribution in [0, 0.1) is 0 Å². The highest BCUT2D eigenvalue weighted by molar-refractivity contribution is 7.09. The van der Waals surface area contributed by atoms with Crippen molar-refractivity contribution in [2.45, 2.75) is 84.5 Å². The lowest BCUT2D eigenvalue weighted by Gasteiger charge is -2.29. The molecule has 1 aromatic heterocycles. The van der Waals surface area contributed by atoms with Gasteiger partial charge in [0.1, 0.15) is 11.6 Å². The number of hydrogen-bond donors (Lipinski definition) is 2. The highest BCUT2D eigenvalue weighted by Gasteiger charge is 2.28. The maximum Gasteiger partial charge on any atom is 0.408 e. The van der Waals surface area contributed by atoms with E-state index in [0.29, 0.717) is 45.4 Å². The smallest absolute Gasteiger partial charge is 0.408 e. The molecule has 37 heavy (non-hydrogen) atoms. The lowest BCUT2D eigenvalue weighted by atomic mass is 10.1. The van der Waals surface area contributed by atoms with E-state index in [2.05, 4.69) is 12.2 Å². The summed E-state index contributed by atoms with van der Waals surface area (Å²) in [7, 11) is 0. The number of carboxylic acid groups (broad SMARTS) is 1. The average molecular weight is 532 g/mol. The lowest BCUT2D eigenvalue weighted by Crippen LogP contribution is -2.49. The minimum absolute atomic E-state index is 0.146. The van der Waals surface area contributed by atoms with Gasteiger partial charge >= 0.3 is 12.2 Å². The first-order valence-electron chi connectivity index (χ1n) is 12.9. The van der Waals surface area contributed by atoms with Crippen LogP contribution in [0.1, 0.15) is 70.2 Å². The average Bonchev–Trinajstić information content (AvgIpc) is 3.35. The number of benzene rings is 1. The number of ether oxygens (including phenoxy) is 1. The first-order valence-corrected chi connectivity index (χ1v) is 13.8. The molecule has 1 heterocycles. The van der Waals surface area contributed by atoms with Gasteiger partial charge in [0.25, 0.3) is 0 Å². The Bertz CT molecular complexity index is 960. The molecular weight excluding hydrogens is 490 g/mol. The van der Waals surface area contributed by atoms with Crippen LogP contribution in [0.25, 0.3) is 0 Å². The van der Waals surface area contributed by atoms with Gasteiger partial charge in [-0.05, 0) is 63.5 Å². The lowest BCUT2D eigenvalue weighted by molar-refractivity contribution is -0.134. The van der Waals surface area contributed by atoms with Crippen LogP contribution in [0.5, 0.6) is 0 Å². The Morgan fingerprint density at radius 2 is 1.68 bits per heavy atom. The van der Waals surface area contributed by atoms with Gasteiger partial charge in [0.05, 0.1) is 6.54 Å². The van der Waals surface area contributed by atoms with Crippen LogP contribution in [0.4, 0.5) is 9.59 Å². The summed E-state index contributed by atoms with van der Waals surface area (Å²) < 4.78 is 5.42. The Hall–Kier alpha value is -3.07. The molecule has 0 aliphatic rings. The van der Waals surface area contributed by atoms with Crippen LogP contribution in [-0.4, -0.2) is 57.7 Å². The first kappa shape index (κ1) is 30.2. The Labute approximate surface area is 224 Å². The summed E-state index contributed by atoms with van der Waals surface area (Å²) in [5, 5.41) is 14.4. The second kappa shape index (κ2) is 15.2. The molecule has 1 atom stereocenters. The molecule has 0 unspecified atom stereocenters. The number of alkyl carbamates (subject to hydrolysis) is 1. The molecule has 3 amide bonds. The predicted molar refractivity (Wildman–Crippen MR) is 147 cm³/mol. The van der Waals surface area contributed by atoms with E-state index >= 15 is 0 Å². The minimum Gasteiger partial charge on any atom is -0.465 e. The van der Waals surface area contributed by atoms with E-state index in [1.807, 2.05) is 47.8 Å². The van der Waals surface area contributed by atoms with E-state index in [1.54, 1.807) is 37.0 Å². The molecule has 1 aromatic carbocycles. The van der Waals surface area contributed by atoms with Crippen molar-refractivity contribution in [1.29, 1.82) is 0 Å². The molecule has 0 radical (unpaired) electrons. The normalized spacial score (nSPS) is 12.0. The molecule has 0 spiro atoms. The van der Waals surface area contributed by atoms with E-state index in [1.165, 1.54) is 4.90 Å². The first-order chi connectivity index (χ1) is 17.6. The highest BCUT2D eigenvalue weighted by Crippen LogP contribution is 2.16. The molecule has 0 aliphatic heterocycles. The number of rotatable bonds is 14. The van der Waals surface area contributed by atoms with Gasteiger partial charge in [-0.3, -0.25) is 4.79 Å². The third-order valence-corrected chi connectivity index (χ3v) is 6.53. The van der Waals surface area contributed by atoms with E-state index < -0.39 is 23.8 Å². The standard InChI is InChI=1S/C28H41N3O5S/c1-5-6-17-30(21-23-15-12-19-37-23)25(32)24(29-26(33)36-28(2,3)4)16-10-11-18-31(27(34)35)20-22-13-8-7-9-14-22/h7-9,12-15,19,24H,5-6,10-11,16-18,20-21H2,1-4H3,(H,29,33)(H,34,35)/t24-/m0/s1. The SMILES string of the molecule is CCCCN(Cc1cccs1)C(=O)[C@H](CCCCN(Cc1ccccc1)C(=O)O)NC(=O)OC(C)(C)C. The van der Waals surface area contributed by atoms with Crippen LogP contribution in [-0.2, 0) is 22.6 Å². The van der Waals surface area contributed by atoms with Crippen LogP contribution in [0.15, 0.2) is 47.8 Å². The van der Waals surface area contributed by atoms with Crippen molar-refractivity contribution in [3.8, 4) is 0 Å². The number of nitrogens with zero attached hydrogens (tertiary/aromatic N) is 2. The van der Waals surface area contributed by atoms with Crippen molar-refractivity contribution in [3.63, 3.8) is 0 Å². The van der Waals surface area contributed by atoms with Gasteiger partial charge in [-0.2, -0.15) is 0 Å². The Morgan fingerprint density at radius 3 is 2.27 bits per heavy atom. The van der Waals surface area contributed by atoms with Crippen molar-refractivity contribution in [2.75, 3.05) is 13.1 Å². The molecule has 8 nitrogen and oxygen atoms in total. The number of carbonyl (C=O) groups is 3. The second-order valence-corrected chi connectivity index (χ2v) is 11.1. The van der Waals surface area contributed by atoms with Crippen LogP contribution >= 0.6 is 11.3 Å². The largest absolute Gasteiger partial charge is 0.465 e. The molecule has 9 heteroatoms. The molecule has 2 aromatic rings. The summed E-state index contributed by atoms with van der Waals surface area (Å²) in [6, 6.07) is 12.7. The van der Waals surface area contributed by atoms with Crippen LogP contribution in [0.3, 0.4) is 0 Å². The fourth-order valence-corrected chi connectivity index (χ4v) is 4.55. The fourth-order valence-electron chi connectivity index (χ4n) is 3.83. The van der Waals surface area contributed by atoms with E-state index in [9.17, 15) is 19.5 Å². The van der Waals surface area contributed by atoms with Crippen LogP contribution < -0.4 is 5.32 Å². The Morgan fingerprint density at radius 1 is 0.973 bits per heavy atom. The van der Waals surface area contributed by atoms with Gasteiger partial charge in [-0.1, -0.05) is 49.7 Å². The number of nitrogens with one attached hydrogen (secondary N) is 1. The zero-order valence-corrected chi connectivity index (χ0v) is 23.3. The van der Waals surface area contributed by atoms with Gasteiger partial charge in [0.15, 0.2) is 0 Å². The molecule has 2 N–H and O–H groups in total. The molecule has 0 aliphatic carbocycles. The molecule has 0 bridgehead atoms. The number of thiophene rings is 1. The Balaban J connectivity index is 2.05. The molecule has 0 fully saturated rings. The van der Waals surface area contributed by atoms with E-state index in [4.69, 9.17) is 4.74 Å². The molecule has 0 saturated carbocycles. The summed E-state index contributed by atoms with van der Waals surface area (Å²) in [5.41, 5.74) is 0.236. The third-order valence-electron chi connectivity index (χ3n) is 5.67. The van der Waals surface area contributed by atoms with Gasteiger partial charge in [0, 0.05) is 24.5 Å². The summed E-state index contributed by atoms with van der Waals surface area (Å²) in [6.07, 6.45) is 1.74. The van der Waals surface area contributed by atoms with Crippen molar-refractivity contribution in [1.82, 2.24) is 15.1 Å². The van der Waals surface area contributed by atoms with Crippen molar-refractivity contribution in [3.05, 3.63) is 58.3 Å². The monoisotopic (exact) mass is 531 g/mol. The number of amides is 3. The second-order valence-electron chi connectivity index (χ2n) is 10.1. The van der Waals surface area contributed by atoms with Crippen molar-refractivity contribution < 1.29 is 24.2 Å². The quantitative estimate of drug-likeness (QED) is 0.286. The maximum absolute atomic E-state index is 13.6. The zero-order chi connectivity index (χ0) is 27.3. The van der Waals surface area contributed by atoms with E-state index in [-0.39, 0.29) is 5.91 Å². The van der Waals surface area contributed by atoms with E-state index in [0.717, 1.165) is 23.3 Å². The maximum atomic E-state index is 13.6. The van der Waals surface area contributed by atoms with Gasteiger partial charge < -0.3 is 25.0 Å². The summed E-state index contributed by atoms with van der Waals surface area (Å²) in [4.78, 5) is 42.2. The topological polar surface area (TPSA) is 99.2 Å². The van der Waals surface area contributed by atoms with Crippen molar-refractivity contribution >= 4 is 29.4 Å². The number of unbranched alkanes of at least 4 members (excludes halogenated alkanes) is 2. The fraction of sp³-hybridized carbons (Fsp3) is 0.536. The van der Waals surface area contributed by atoms with Crippen LogP contribution in [0.2, 0.25) is 0 Å². The number of carbonyl (C=O) groups excluding carboxylic acids is 2. The zero-order valence-electron chi connectivity index (χ0n) is 22.4.